The van der Waals surface area contributed by atoms with Gasteiger partial charge in [0.05, 0.1) is 0 Å². The van der Waals surface area contributed by atoms with E-state index in [9.17, 15) is 26.3 Å². The highest BCUT2D eigenvalue weighted by Crippen LogP contribution is 2.58. The lowest BCUT2D eigenvalue weighted by molar-refractivity contribution is -0.236. The van der Waals surface area contributed by atoms with E-state index in [0.717, 1.165) is 0 Å². The molecule has 0 aliphatic carbocycles. The lowest BCUT2D eigenvalue weighted by Gasteiger charge is -2.35. The summed E-state index contributed by atoms with van der Waals surface area (Å²) in [7, 11) is 0. The smallest absolute Gasteiger partial charge is 0.168 e. The summed E-state index contributed by atoms with van der Waals surface area (Å²) in [5, 5.41) is 0. The maximum Gasteiger partial charge on any atom is 0.421 e. The second-order valence-corrected chi connectivity index (χ2v) is 5.69. The summed E-state index contributed by atoms with van der Waals surface area (Å²) < 4.78 is 71.2. The molecule has 0 aromatic carbocycles. The molecule has 0 radical (unpaired) electrons. The topological polar surface area (TPSA) is 0 Å². The first-order chi connectivity index (χ1) is 6.62. The molecule has 0 spiro atoms. The van der Waals surface area contributed by atoms with Crippen LogP contribution in [0.2, 0.25) is 0 Å². The standard InChI is InChI=1S/C7H10F6S2/c1-3-14-5(15-4-2,6(8,9)10)7(11,12)13/h3-4H2,1-2H3. The van der Waals surface area contributed by atoms with Crippen LogP contribution in [0.4, 0.5) is 26.3 Å². The largest absolute Gasteiger partial charge is 0.421 e. The van der Waals surface area contributed by atoms with Crippen LogP contribution in [0.3, 0.4) is 0 Å². The van der Waals surface area contributed by atoms with Gasteiger partial charge in [0.2, 0.25) is 0 Å². The fourth-order valence-corrected chi connectivity index (χ4v) is 3.44. The van der Waals surface area contributed by atoms with E-state index in [1.165, 1.54) is 13.8 Å². The van der Waals surface area contributed by atoms with Crippen molar-refractivity contribution in [3.63, 3.8) is 0 Å². The van der Waals surface area contributed by atoms with E-state index in [1.54, 1.807) is 0 Å². The molecule has 0 amide bonds. The molecule has 0 atom stereocenters. The molecular formula is C7H10F6S2. The van der Waals surface area contributed by atoms with Gasteiger partial charge in [0.15, 0.2) is 0 Å². The van der Waals surface area contributed by atoms with Crippen molar-refractivity contribution in [1.82, 2.24) is 0 Å². The molecule has 0 nitrogen and oxygen atoms in total. The Hall–Kier alpha value is 0.280. The van der Waals surface area contributed by atoms with E-state index in [0.29, 0.717) is 0 Å². The van der Waals surface area contributed by atoms with Crippen molar-refractivity contribution in [3.05, 3.63) is 0 Å². The van der Waals surface area contributed by atoms with Crippen LogP contribution >= 0.6 is 23.5 Å². The Morgan fingerprint density at radius 1 is 0.733 bits per heavy atom. The second kappa shape index (κ2) is 5.07. The van der Waals surface area contributed by atoms with Crippen LogP contribution in [-0.2, 0) is 0 Å². The molecule has 92 valence electrons. The fourth-order valence-electron chi connectivity index (χ4n) is 0.936. The molecule has 0 heterocycles. The molecule has 0 aliphatic heterocycles. The normalized spacial score (nSPS) is 14.4. The van der Waals surface area contributed by atoms with Crippen LogP contribution in [-0.4, -0.2) is 27.9 Å². The summed E-state index contributed by atoms with van der Waals surface area (Å²) in [4.78, 5) is 0. The third kappa shape index (κ3) is 3.12. The molecule has 0 fully saturated rings. The molecule has 0 unspecified atom stereocenters. The van der Waals surface area contributed by atoms with E-state index in [1.807, 2.05) is 0 Å². The SMILES string of the molecule is CCSC(SCC)(C(F)(F)F)C(F)(F)F. The molecule has 0 saturated carbocycles. The van der Waals surface area contributed by atoms with Crippen LogP contribution < -0.4 is 0 Å². The number of thioether (sulfide) groups is 2. The van der Waals surface area contributed by atoms with Gasteiger partial charge in [-0.3, -0.25) is 0 Å². The Balaban J connectivity index is 5.28. The molecule has 0 N–H and O–H groups in total. The molecule has 0 aliphatic rings. The summed E-state index contributed by atoms with van der Waals surface area (Å²) in [6, 6.07) is 0. The Labute approximate surface area is 92.2 Å². The van der Waals surface area contributed by atoms with E-state index < -0.39 is 16.4 Å². The maximum absolute atomic E-state index is 12.5. The Kier molecular flexibility index (Phi) is 5.17. The van der Waals surface area contributed by atoms with Crippen molar-refractivity contribution in [3.8, 4) is 0 Å². The predicted octanol–water partition coefficient (Wildman–Crippen LogP) is 4.31. The molecule has 8 heteroatoms. The van der Waals surface area contributed by atoms with Gasteiger partial charge < -0.3 is 0 Å². The predicted molar refractivity (Wildman–Crippen MR) is 51.1 cm³/mol. The molecule has 0 aromatic rings. The van der Waals surface area contributed by atoms with Crippen molar-refractivity contribution in [2.45, 2.75) is 30.3 Å². The monoisotopic (exact) mass is 272 g/mol. The Bertz CT molecular complexity index is 175. The van der Waals surface area contributed by atoms with Gasteiger partial charge in [-0.15, -0.1) is 23.5 Å². The quantitative estimate of drug-likeness (QED) is 0.552. The second-order valence-electron chi connectivity index (χ2n) is 2.48. The molecule has 15 heavy (non-hydrogen) atoms. The van der Waals surface area contributed by atoms with Crippen molar-refractivity contribution in [2.24, 2.45) is 0 Å². The number of hydrogen-bond acceptors (Lipinski definition) is 2. The summed E-state index contributed by atoms with van der Waals surface area (Å²) in [6.45, 7) is 2.54. The molecule has 0 bridgehead atoms. The van der Waals surface area contributed by atoms with Crippen molar-refractivity contribution < 1.29 is 26.3 Å². The first kappa shape index (κ1) is 15.3. The number of alkyl halides is 6. The summed E-state index contributed by atoms with van der Waals surface area (Å²) >= 11 is -0.249. The van der Waals surface area contributed by atoms with Gasteiger partial charge in [-0.1, -0.05) is 13.8 Å². The van der Waals surface area contributed by atoms with Gasteiger partial charge in [-0.25, -0.2) is 0 Å². The summed E-state index contributed by atoms with van der Waals surface area (Å²) in [5.74, 6) is -0.488. The van der Waals surface area contributed by atoms with Gasteiger partial charge in [0.25, 0.3) is 4.08 Å². The lowest BCUT2D eigenvalue weighted by Crippen LogP contribution is -2.51. The minimum Gasteiger partial charge on any atom is -0.168 e. The van der Waals surface area contributed by atoms with Crippen LogP contribution in [0, 0.1) is 0 Å². The molecule has 0 aromatic heterocycles. The van der Waals surface area contributed by atoms with Crippen LogP contribution in [0.15, 0.2) is 0 Å². The number of halogens is 6. The van der Waals surface area contributed by atoms with E-state index in [-0.39, 0.29) is 35.0 Å². The minimum atomic E-state index is -5.30. The Morgan fingerprint density at radius 3 is 1.13 bits per heavy atom. The zero-order valence-corrected chi connectivity index (χ0v) is 9.63. The van der Waals surface area contributed by atoms with E-state index in [2.05, 4.69) is 0 Å². The number of hydrogen-bond donors (Lipinski definition) is 0. The highest BCUT2D eigenvalue weighted by atomic mass is 32.2. The fraction of sp³-hybridized carbons (Fsp3) is 1.00. The van der Waals surface area contributed by atoms with Crippen LogP contribution in [0.5, 0.6) is 0 Å². The minimum absolute atomic E-state index is 0.125. The molecular weight excluding hydrogens is 262 g/mol. The highest BCUT2D eigenvalue weighted by Gasteiger charge is 2.71. The third-order valence-corrected chi connectivity index (χ3v) is 4.46. The highest BCUT2D eigenvalue weighted by molar-refractivity contribution is 8.18. The van der Waals surface area contributed by atoms with Gasteiger partial charge >= 0.3 is 12.4 Å². The third-order valence-electron chi connectivity index (χ3n) is 1.44. The molecule has 0 rings (SSSR count). The van der Waals surface area contributed by atoms with E-state index >= 15 is 0 Å². The zero-order valence-electron chi connectivity index (χ0n) is 8.00. The van der Waals surface area contributed by atoms with Gasteiger partial charge in [0.1, 0.15) is 0 Å². The van der Waals surface area contributed by atoms with Crippen LogP contribution in [0.1, 0.15) is 13.8 Å². The van der Waals surface area contributed by atoms with Gasteiger partial charge in [-0.05, 0) is 11.5 Å². The lowest BCUT2D eigenvalue weighted by atomic mass is 10.4. The van der Waals surface area contributed by atoms with E-state index in [4.69, 9.17) is 0 Å². The maximum atomic E-state index is 12.5. The van der Waals surface area contributed by atoms with Crippen molar-refractivity contribution in [2.75, 3.05) is 11.5 Å². The van der Waals surface area contributed by atoms with Gasteiger partial charge in [-0.2, -0.15) is 26.3 Å². The van der Waals surface area contributed by atoms with Crippen molar-refractivity contribution >= 4 is 23.5 Å². The average molecular weight is 272 g/mol. The van der Waals surface area contributed by atoms with Crippen molar-refractivity contribution in [1.29, 1.82) is 0 Å². The first-order valence-electron chi connectivity index (χ1n) is 4.03. The summed E-state index contributed by atoms with van der Waals surface area (Å²) in [6.07, 6.45) is -10.6. The average Bonchev–Trinajstić information content (AvgIpc) is 1.99. The van der Waals surface area contributed by atoms with Crippen LogP contribution in [0.25, 0.3) is 0 Å². The summed E-state index contributed by atoms with van der Waals surface area (Å²) in [5.41, 5.74) is 0. The van der Waals surface area contributed by atoms with Gasteiger partial charge in [0, 0.05) is 0 Å². The molecule has 0 saturated heterocycles. The first-order valence-corrected chi connectivity index (χ1v) is 6.00. The Morgan fingerprint density at radius 2 is 1.00 bits per heavy atom. The number of rotatable bonds is 4. The zero-order chi connectivity index (χ0) is 12.3.